The van der Waals surface area contributed by atoms with Crippen LogP contribution in [0.25, 0.3) is 0 Å². The number of hydrogen-bond donors (Lipinski definition) is 2. The molecular weight excluding hydrogens is 346 g/mol. The first-order valence-electron chi connectivity index (χ1n) is 9.59. The monoisotopic (exact) mass is 373 g/mol. The number of aromatic carboxylic acids is 1. The second-order valence-corrected chi connectivity index (χ2v) is 7.34. The Morgan fingerprint density at radius 3 is 2.67 bits per heavy atom. The molecule has 0 bridgehead atoms. The minimum atomic E-state index is -0.973. The van der Waals surface area contributed by atoms with Gasteiger partial charge in [-0.1, -0.05) is 19.1 Å². The van der Waals surface area contributed by atoms with Crippen molar-refractivity contribution in [2.24, 2.45) is 5.92 Å². The van der Waals surface area contributed by atoms with Crippen molar-refractivity contribution in [1.82, 2.24) is 15.1 Å². The summed E-state index contributed by atoms with van der Waals surface area (Å²) in [5.41, 5.74) is 1.05. The van der Waals surface area contributed by atoms with Crippen molar-refractivity contribution in [1.29, 1.82) is 0 Å². The van der Waals surface area contributed by atoms with Gasteiger partial charge in [0.05, 0.1) is 11.5 Å². The van der Waals surface area contributed by atoms with Crippen molar-refractivity contribution in [3.05, 3.63) is 35.4 Å². The predicted octanol–water partition coefficient (Wildman–Crippen LogP) is 1.33. The van der Waals surface area contributed by atoms with E-state index >= 15 is 0 Å². The molecule has 0 spiro atoms. The minimum absolute atomic E-state index is 0.0592. The first-order valence-corrected chi connectivity index (χ1v) is 9.59. The van der Waals surface area contributed by atoms with Gasteiger partial charge in [0.15, 0.2) is 0 Å². The Morgan fingerprint density at radius 2 is 2.00 bits per heavy atom. The maximum absolute atomic E-state index is 12.4. The summed E-state index contributed by atoms with van der Waals surface area (Å²) in [5, 5.41) is 11.8. The van der Waals surface area contributed by atoms with Crippen LogP contribution in [0.2, 0.25) is 0 Å². The molecule has 0 radical (unpaired) electrons. The molecule has 2 saturated heterocycles. The van der Waals surface area contributed by atoms with E-state index in [-0.39, 0.29) is 29.7 Å². The van der Waals surface area contributed by atoms with Gasteiger partial charge in [-0.15, -0.1) is 0 Å². The van der Waals surface area contributed by atoms with Gasteiger partial charge in [-0.2, -0.15) is 0 Å². The molecule has 2 atom stereocenters. The van der Waals surface area contributed by atoms with Crippen LogP contribution in [0.1, 0.15) is 42.1 Å². The van der Waals surface area contributed by atoms with E-state index in [2.05, 4.69) is 17.1 Å². The van der Waals surface area contributed by atoms with E-state index < -0.39 is 5.97 Å². The third-order valence-electron chi connectivity index (χ3n) is 5.59. The number of carbonyl (C=O) groups is 3. The lowest BCUT2D eigenvalue weighted by molar-refractivity contribution is -0.129. The Kier molecular flexibility index (Phi) is 6.11. The Labute approximate surface area is 159 Å². The van der Waals surface area contributed by atoms with Crippen LogP contribution in [-0.2, 0) is 16.1 Å². The zero-order chi connectivity index (χ0) is 19.4. The van der Waals surface area contributed by atoms with E-state index in [1.165, 1.54) is 18.6 Å². The number of benzene rings is 1. The molecule has 2 aliphatic heterocycles. The number of carboxylic acids is 1. The highest BCUT2D eigenvalue weighted by Crippen LogP contribution is 2.23. The van der Waals surface area contributed by atoms with E-state index in [4.69, 9.17) is 5.11 Å². The lowest BCUT2D eigenvalue weighted by atomic mass is 10.1. The van der Waals surface area contributed by atoms with Crippen LogP contribution in [0.3, 0.4) is 0 Å². The van der Waals surface area contributed by atoms with Crippen molar-refractivity contribution in [2.75, 3.05) is 26.2 Å². The topological polar surface area (TPSA) is 89.9 Å². The lowest BCUT2D eigenvalue weighted by Gasteiger charge is -2.27. The van der Waals surface area contributed by atoms with Crippen molar-refractivity contribution in [2.45, 2.75) is 38.8 Å². The number of likely N-dealkylation sites (N-methyl/N-ethyl adjacent to an activating group) is 1. The first kappa shape index (κ1) is 19.4. The zero-order valence-electron chi connectivity index (χ0n) is 15.7. The van der Waals surface area contributed by atoms with Crippen molar-refractivity contribution in [3.63, 3.8) is 0 Å². The number of amides is 2. The molecule has 2 fully saturated rings. The molecule has 1 aromatic rings. The minimum Gasteiger partial charge on any atom is -0.478 e. The molecule has 7 heteroatoms. The molecule has 0 aromatic heterocycles. The van der Waals surface area contributed by atoms with Gasteiger partial charge in [-0.05, 0) is 43.6 Å². The molecule has 0 unspecified atom stereocenters. The van der Waals surface area contributed by atoms with E-state index in [9.17, 15) is 14.4 Å². The maximum atomic E-state index is 12.4. The van der Waals surface area contributed by atoms with Gasteiger partial charge in [-0.3, -0.25) is 14.5 Å². The van der Waals surface area contributed by atoms with Crippen LogP contribution in [0.5, 0.6) is 0 Å². The van der Waals surface area contributed by atoms with Crippen LogP contribution in [0, 0.1) is 5.92 Å². The number of carbonyl (C=O) groups excluding carboxylic acids is 2. The molecule has 1 aromatic carbocycles. The Morgan fingerprint density at radius 1 is 1.26 bits per heavy atom. The quantitative estimate of drug-likeness (QED) is 0.753. The van der Waals surface area contributed by atoms with Crippen LogP contribution < -0.4 is 5.32 Å². The van der Waals surface area contributed by atoms with E-state index in [1.807, 2.05) is 4.90 Å². The third kappa shape index (κ3) is 4.66. The number of likely N-dealkylation sites (tertiary alicyclic amines) is 2. The van der Waals surface area contributed by atoms with Gasteiger partial charge in [0.2, 0.25) is 11.8 Å². The molecule has 27 heavy (non-hydrogen) atoms. The number of hydrogen-bond acceptors (Lipinski definition) is 4. The molecular formula is C20H27N3O4. The predicted molar refractivity (Wildman–Crippen MR) is 100 cm³/mol. The van der Waals surface area contributed by atoms with E-state index in [1.54, 1.807) is 12.1 Å². The lowest BCUT2D eigenvalue weighted by Crippen LogP contribution is -2.41. The summed E-state index contributed by atoms with van der Waals surface area (Å²) < 4.78 is 0. The highest BCUT2D eigenvalue weighted by atomic mass is 16.4. The molecule has 2 N–H and O–H groups in total. The molecule has 146 valence electrons. The normalized spacial score (nSPS) is 23.0. The zero-order valence-corrected chi connectivity index (χ0v) is 15.7. The molecule has 2 amide bonds. The maximum Gasteiger partial charge on any atom is 0.335 e. The van der Waals surface area contributed by atoms with Crippen molar-refractivity contribution in [3.8, 4) is 0 Å². The van der Waals surface area contributed by atoms with E-state index in [0.717, 1.165) is 25.1 Å². The molecule has 2 heterocycles. The van der Waals surface area contributed by atoms with Crippen molar-refractivity contribution >= 4 is 17.8 Å². The van der Waals surface area contributed by atoms with Crippen LogP contribution in [0.4, 0.5) is 0 Å². The molecule has 0 saturated carbocycles. The summed E-state index contributed by atoms with van der Waals surface area (Å²) in [6.45, 7) is 5.76. The SMILES string of the molecule is CCN1CCC[C@H]1CN1C[C@H](C(=O)NCc2ccc(C(=O)O)cc2)CC1=O. The largest absolute Gasteiger partial charge is 0.478 e. The van der Waals surface area contributed by atoms with Gasteiger partial charge in [0, 0.05) is 32.1 Å². The first-order chi connectivity index (χ1) is 13.0. The second kappa shape index (κ2) is 8.52. The van der Waals surface area contributed by atoms with Crippen molar-refractivity contribution < 1.29 is 19.5 Å². The van der Waals surface area contributed by atoms with Crippen LogP contribution in [0.15, 0.2) is 24.3 Å². The Balaban J connectivity index is 1.49. The van der Waals surface area contributed by atoms with E-state index in [0.29, 0.717) is 25.7 Å². The summed E-state index contributed by atoms with van der Waals surface area (Å²) in [4.78, 5) is 39.9. The fraction of sp³-hybridized carbons (Fsp3) is 0.550. The third-order valence-corrected chi connectivity index (χ3v) is 5.59. The average Bonchev–Trinajstić information content (AvgIpc) is 3.27. The van der Waals surface area contributed by atoms with Crippen LogP contribution >= 0.6 is 0 Å². The summed E-state index contributed by atoms with van der Waals surface area (Å²) >= 11 is 0. The standard InChI is InChI=1S/C20H27N3O4/c1-2-22-9-3-4-17(22)13-23-12-16(10-18(23)24)19(25)21-11-14-5-7-15(8-6-14)20(26)27/h5-8,16-17H,2-4,9-13H2,1H3,(H,21,25)(H,26,27)/t16-,17+/m1/s1. The van der Waals surface area contributed by atoms with Crippen LogP contribution in [-0.4, -0.2) is 64.9 Å². The molecule has 3 rings (SSSR count). The number of carboxylic acid groups (broad SMARTS) is 1. The number of nitrogens with one attached hydrogen (secondary N) is 1. The van der Waals surface area contributed by atoms with Gasteiger partial charge >= 0.3 is 5.97 Å². The van der Waals surface area contributed by atoms with Gasteiger partial charge < -0.3 is 15.3 Å². The highest BCUT2D eigenvalue weighted by molar-refractivity contribution is 5.89. The summed E-state index contributed by atoms with van der Waals surface area (Å²) in [7, 11) is 0. The highest BCUT2D eigenvalue weighted by Gasteiger charge is 2.36. The molecule has 2 aliphatic rings. The summed E-state index contributed by atoms with van der Waals surface area (Å²) in [5.74, 6) is -1.35. The summed E-state index contributed by atoms with van der Waals surface area (Å²) in [6, 6.07) is 6.83. The average molecular weight is 373 g/mol. The fourth-order valence-corrected chi connectivity index (χ4v) is 4.00. The van der Waals surface area contributed by atoms with Gasteiger partial charge in [0.1, 0.15) is 0 Å². The number of nitrogens with zero attached hydrogens (tertiary/aromatic N) is 2. The smallest absolute Gasteiger partial charge is 0.335 e. The Hall–Kier alpha value is -2.41. The molecule has 7 nitrogen and oxygen atoms in total. The Bertz CT molecular complexity index is 704. The fourth-order valence-electron chi connectivity index (χ4n) is 4.00. The number of rotatable bonds is 7. The van der Waals surface area contributed by atoms with Gasteiger partial charge in [-0.25, -0.2) is 4.79 Å². The summed E-state index contributed by atoms with van der Waals surface area (Å²) in [6.07, 6.45) is 2.55. The van der Waals surface area contributed by atoms with Gasteiger partial charge in [0.25, 0.3) is 0 Å². The molecule has 0 aliphatic carbocycles. The second-order valence-electron chi connectivity index (χ2n) is 7.34.